The van der Waals surface area contributed by atoms with E-state index in [-0.39, 0.29) is 5.91 Å². The van der Waals surface area contributed by atoms with Crippen molar-refractivity contribution in [2.24, 2.45) is 0 Å². The first-order chi connectivity index (χ1) is 16.1. The summed E-state index contributed by atoms with van der Waals surface area (Å²) in [6.45, 7) is 3.19. The van der Waals surface area contributed by atoms with Crippen molar-refractivity contribution in [3.05, 3.63) is 83.2 Å². The molecule has 0 spiro atoms. The van der Waals surface area contributed by atoms with E-state index in [1.807, 2.05) is 43.3 Å². The maximum absolute atomic E-state index is 13.0. The molecule has 0 aliphatic rings. The second-order valence-electron chi connectivity index (χ2n) is 8.07. The van der Waals surface area contributed by atoms with Gasteiger partial charge in [-0.25, -0.2) is 0 Å². The van der Waals surface area contributed by atoms with Gasteiger partial charge in [0.15, 0.2) is 17.1 Å². The minimum atomic E-state index is -0.0979. The van der Waals surface area contributed by atoms with Gasteiger partial charge >= 0.3 is 0 Å². The van der Waals surface area contributed by atoms with E-state index < -0.39 is 0 Å². The van der Waals surface area contributed by atoms with Gasteiger partial charge in [-0.15, -0.1) is 0 Å². The Morgan fingerprint density at radius 2 is 1.73 bits per heavy atom. The summed E-state index contributed by atoms with van der Waals surface area (Å²) in [5, 5.41) is 3.05. The third-order valence-electron chi connectivity index (χ3n) is 5.78. The highest BCUT2D eigenvalue weighted by Gasteiger charge is 2.18. The monoisotopic (exact) mass is 446 g/mol. The zero-order valence-corrected chi connectivity index (χ0v) is 19.4. The van der Waals surface area contributed by atoms with E-state index in [1.54, 1.807) is 14.2 Å². The van der Waals surface area contributed by atoms with Crippen molar-refractivity contribution in [1.82, 2.24) is 9.88 Å². The molecule has 4 rings (SSSR count). The third kappa shape index (κ3) is 5.22. The van der Waals surface area contributed by atoms with Crippen molar-refractivity contribution < 1.29 is 18.7 Å². The number of carbonyl (C=O) groups is 1. The minimum absolute atomic E-state index is 0.0979. The first kappa shape index (κ1) is 22.5. The molecule has 6 nitrogen and oxygen atoms in total. The van der Waals surface area contributed by atoms with Crippen LogP contribution in [0.1, 0.15) is 33.8 Å². The van der Waals surface area contributed by atoms with E-state index in [2.05, 4.69) is 34.1 Å². The fourth-order valence-corrected chi connectivity index (χ4v) is 4.13. The van der Waals surface area contributed by atoms with E-state index in [0.717, 1.165) is 41.8 Å². The molecule has 6 heteroatoms. The van der Waals surface area contributed by atoms with Gasteiger partial charge in [-0.3, -0.25) is 4.79 Å². The molecule has 2 aromatic heterocycles. The van der Waals surface area contributed by atoms with Gasteiger partial charge in [-0.2, -0.15) is 0 Å². The summed E-state index contributed by atoms with van der Waals surface area (Å²) in [6.07, 6.45) is 2.58. The van der Waals surface area contributed by atoms with Gasteiger partial charge in [-0.05, 0) is 49.4 Å². The summed E-state index contributed by atoms with van der Waals surface area (Å²) < 4.78 is 18.5. The molecule has 0 saturated heterocycles. The number of amides is 1. The molecular formula is C27H30N2O4. The second-order valence-corrected chi connectivity index (χ2v) is 8.07. The smallest absolute Gasteiger partial charge is 0.268 e. The molecule has 33 heavy (non-hydrogen) atoms. The normalized spacial score (nSPS) is 11.0. The predicted molar refractivity (Wildman–Crippen MR) is 129 cm³/mol. The first-order valence-corrected chi connectivity index (χ1v) is 11.2. The Kier molecular flexibility index (Phi) is 7.03. The molecule has 0 aliphatic heterocycles. The molecule has 0 fully saturated rings. The van der Waals surface area contributed by atoms with Gasteiger partial charge in [0.2, 0.25) is 0 Å². The number of hydrogen-bond donors (Lipinski definition) is 1. The second kappa shape index (κ2) is 10.3. The van der Waals surface area contributed by atoms with Gasteiger partial charge in [0.05, 0.1) is 19.7 Å². The predicted octanol–water partition coefficient (Wildman–Crippen LogP) is 5.17. The van der Waals surface area contributed by atoms with Crippen LogP contribution in [0.15, 0.2) is 65.1 Å². The van der Waals surface area contributed by atoms with Crippen LogP contribution in [0.5, 0.6) is 11.5 Å². The van der Waals surface area contributed by atoms with Gasteiger partial charge in [-0.1, -0.05) is 36.4 Å². The number of carbonyl (C=O) groups excluding carboxylic acids is 1. The molecule has 0 atom stereocenters. The summed E-state index contributed by atoms with van der Waals surface area (Å²) in [5.41, 5.74) is 4.70. The van der Waals surface area contributed by atoms with Crippen LogP contribution in [0.4, 0.5) is 0 Å². The maximum Gasteiger partial charge on any atom is 0.268 e. The molecule has 2 aromatic carbocycles. The molecule has 4 aromatic rings. The van der Waals surface area contributed by atoms with Crippen molar-refractivity contribution in [3.8, 4) is 11.5 Å². The molecule has 1 amide bonds. The quantitative estimate of drug-likeness (QED) is 0.365. The third-order valence-corrected chi connectivity index (χ3v) is 5.78. The van der Waals surface area contributed by atoms with E-state index in [0.29, 0.717) is 30.2 Å². The number of fused-ring (bicyclic) bond motifs is 1. The molecule has 0 aliphatic carbocycles. The zero-order valence-electron chi connectivity index (χ0n) is 19.4. The van der Waals surface area contributed by atoms with E-state index in [4.69, 9.17) is 13.9 Å². The van der Waals surface area contributed by atoms with Crippen LogP contribution in [0.25, 0.3) is 11.1 Å². The molecule has 1 N–H and O–H groups in total. The maximum atomic E-state index is 13.0. The Balaban J connectivity index is 1.43. The van der Waals surface area contributed by atoms with Gasteiger partial charge in [0, 0.05) is 25.2 Å². The lowest BCUT2D eigenvalue weighted by atomic mass is 10.1. The average molecular weight is 447 g/mol. The van der Waals surface area contributed by atoms with Crippen LogP contribution in [0.2, 0.25) is 0 Å². The highest BCUT2D eigenvalue weighted by atomic mass is 16.5. The van der Waals surface area contributed by atoms with E-state index in [1.165, 1.54) is 5.56 Å². The van der Waals surface area contributed by atoms with Crippen LogP contribution in [-0.4, -0.2) is 31.2 Å². The Morgan fingerprint density at radius 3 is 2.48 bits per heavy atom. The Morgan fingerprint density at radius 1 is 0.939 bits per heavy atom. The van der Waals surface area contributed by atoms with Gasteiger partial charge in [0.1, 0.15) is 11.5 Å². The minimum Gasteiger partial charge on any atom is -0.493 e. The lowest BCUT2D eigenvalue weighted by Gasteiger charge is -2.12. The number of rotatable bonds is 10. The number of ether oxygens (including phenoxy) is 2. The van der Waals surface area contributed by atoms with Crippen LogP contribution in [0.3, 0.4) is 0 Å². The highest BCUT2D eigenvalue weighted by Crippen LogP contribution is 2.28. The SMILES string of the molecule is COc1ccc(CCNC(=O)c2cc3oc(C)cc3n2CCCc2ccccc2)cc1OC. The molecule has 0 saturated carbocycles. The highest BCUT2D eigenvalue weighted by molar-refractivity contribution is 5.97. The van der Waals surface area contributed by atoms with Crippen LogP contribution >= 0.6 is 0 Å². The molecular weight excluding hydrogens is 416 g/mol. The Hall–Kier alpha value is -3.67. The summed E-state index contributed by atoms with van der Waals surface area (Å²) in [7, 11) is 3.23. The fraction of sp³-hybridized carbons (Fsp3) is 0.296. The van der Waals surface area contributed by atoms with E-state index >= 15 is 0 Å². The van der Waals surface area contributed by atoms with Crippen LogP contribution in [0, 0.1) is 6.92 Å². The summed E-state index contributed by atoms with van der Waals surface area (Å²) in [4.78, 5) is 13.0. The van der Waals surface area contributed by atoms with E-state index in [9.17, 15) is 4.79 Å². The number of nitrogens with zero attached hydrogens (tertiary/aromatic N) is 1. The van der Waals surface area contributed by atoms with Crippen LogP contribution < -0.4 is 14.8 Å². The topological polar surface area (TPSA) is 65.6 Å². The zero-order chi connectivity index (χ0) is 23.2. The lowest BCUT2D eigenvalue weighted by molar-refractivity contribution is 0.0945. The Labute approximate surface area is 194 Å². The summed E-state index contributed by atoms with van der Waals surface area (Å²) in [5.74, 6) is 2.12. The average Bonchev–Trinajstić information content (AvgIpc) is 3.36. The Bertz CT molecular complexity index is 1220. The van der Waals surface area contributed by atoms with Crippen molar-refractivity contribution in [2.45, 2.75) is 32.7 Å². The molecule has 0 unspecified atom stereocenters. The molecule has 2 heterocycles. The molecule has 0 bridgehead atoms. The van der Waals surface area contributed by atoms with Crippen LogP contribution in [-0.2, 0) is 19.4 Å². The first-order valence-electron chi connectivity index (χ1n) is 11.2. The lowest BCUT2D eigenvalue weighted by Crippen LogP contribution is -2.28. The van der Waals surface area contributed by atoms with Crippen molar-refractivity contribution >= 4 is 17.0 Å². The van der Waals surface area contributed by atoms with Gasteiger partial charge in [0.25, 0.3) is 5.91 Å². The standard InChI is InChI=1S/C27H30N2O4/c1-19-16-22-25(33-19)18-23(29(22)15-7-10-20-8-5-4-6-9-20)27(30)28-14-13-21-11-12-24(31-2)26(17-21)32-3/h4-6,8-9,11-12,16-18H,7,10,13-15H2,1-3H3,(H,28,30). The number of benzene rings is 2. The van der Waals surface area contributed by atoms with Gasteiger partial charge < -0.3 is 23.8 Å². The number of furan rings is 1. The summed E-state index contributed by atoms with van der Waals surface area (Å²) in [6, 6.07) is 20.0. The number of nitrogens with one attached hydrogen (secondary N) is 1. The van der Waals surface area contributed by atoms with Crippen molar-refractivity contribution in [3.63, 3.8) is 0 Å². The number of aryl methyl sites for hydroxylation is 3. The van der Waals surface area contributed by atoms with Crippen molar-refractivity contribution in [1.29, 1.82) is 0 Å². The number of hydrogen-bond acceptors (Lipinski definition) is 4. The fourth-order valence-electron chi connectivity index (χ4n) is 4.13. The molecule has 0 radical (unpaired) electrons. The number of aromatic nitrogens is 1. The summed E-state index contributed by atoms with van der Waals surface area (Å²) >= 11 is 0. The largest absolute Gasteiger partial charge is 0.493 e. The number of methoxy groups -OCH3 is 2. The van der Waals surface area contributed by atoms with Crippen molar-refractivity contribution in [2.75, 3.05) is 20.8 Å². The molecule has 172 valence electrons.